The number of hydrogen-bond donors (Lipinski definition) is 0. The van der Waals surface area contributed by atoms with Gasteiger partial charge in [-0.15, -0.1) is 0 Å². The number of pyridine rings is 5. The van der Waals surface area contributed by atoms with E-state index in [1.165, 1.54) is 10.9 Å². The van der Waals surface area contributed by atoms with Gasteiger partial charge in [0.05, 0.1) is 33.2 Å². The molecule has 0 aliphatic heterocycles. The van der Waals surface area contributed by atoms with Crippen molar-refractivity contribution in [2.45, 2.75) is 124 Å². The maximum atomic E-state index is 8.26. The summed E-state index contributed by atoms with van der Waals surface area (Å²) >= 11 is 0. The first kappa shape index (κ1) is 53.4. The van der Waals surface area contributed by atoms with Gasteiger partial charge in [-0.1, -0.05) is 126 Å². The molecule has 9 heteroatoms. The molecule has 0 bridgehead atoms. The molecule has 20 rings (SSSR count). The minimum atomic E-state index is -2.37. The minimum absolute atomic E-state index is 0.222. The number of hydrogen-bond acceptors (Lipinski definition) is 5. The van der Waals surface area contributed by atoms with Gasteiger partial charge in [-0.2, -0.15) is 0 Å². The molecule has 0 N–H and O–H groups in total. The van der Waals surface area contributed by atoms with Crippen LogP contribution in [0.25, 0.3) is 176 Å². The molecule has 0 amide bonds. The van der Waals surface area contributed by atoms with Gasteiger partial charge in [0.25, 0.3) is 0 Å². The van der Waals surface area contributed by atoms with E-state index in [0.29, 0.717) is 82.6 Å². The lowest BCUT2D eigenvalue weighted by Gasteiger charge is -2.09. The fourth-order valence-electron chi connectivity index (χ4n) is 16.5. The Morgan fingerprint density at radius 1 is 0.263 bits per heavy atom. The highest BCUT2D eigenvalue weighted by Crippen LogP contribution is 2.46. The second-order valence-corrected chi connectivity index (χ2v) is 31.1. The van der Waals surface area contributed by atoms with E-state index in [4.69, 9.17) is 46.5 Å². The first-order valence-electron chi connectivity index (χ1n) is 48.5. The Kier molecular flexibility index (Phi) is 13.2. The van der Waals surface area contributed by atoms with Gasteiger partial charge in [-0.05, 0) is 260 Å². The summed E-state index contributed by atoms with van der Waals surface area (Å²) in [5.74, 6) is 0. The molecule has 0 radical (unpaired) electrons. The van der Waals surface area contributed by atoms with E-state index in [-0.39, 0.29) is 39.1 Å². The molecule has 0 aliphatic rings. The van der Waals surface area contributed by atoms with Crippen molar-refractivity contribution in [1.82, 2.24) is 4.98 Å². The Bertz CT molecular complexity index is 8300. The number of aryl methyl sites for hydroxylation is 22. The van der Waals surface area contributed by atoms with Crippen LogP contribution in [-0.4, -0.2) is 4.98 Å². The van der Waals surface area contributed by atoms with E-state index in [2.05, 4.69) is 73.4 Å². The van der Waals surface area contributed by atoms with E-state index >= 15 is 0 Å². The molecule has 114 heavy (non-hydrogen) atoms. The van der Waals surface area contributed by atoms with Gasteiger partial charge >= 0.3 is 0 Å². The molecule has 564 valence electrons. The topological polar surface area (TPSA) is 81.0 Å². The number of furan rings is 4. The number of aromatic nitrogens is 5. The quantitative estimate of drug-likeness (QED) is 0.164. The van der Waals surface area contributed by atoms with Crippen molar-refractivity contribution in [3.8, 4) is 45.0 Å². The van der Waals surface area contributed by atoms with Crippen molar-refractivity contribution in [3.63, 3.8) is 0 Å². The van der Waals surface area contributed by atoms with Crippen LogP contribution in [0.15, 0.2) is 218 Å². The molecule has 0 atom stereocenters. The average molecular weight is 1520 g/mol. The predicted molar refractivity (Wildman–Crippen MR) is 474 cm³/mol. The zero-order chi connectivity index (χ0) is 97.5. The maximum Gasteiger partial charge on any atom is 0.228 e. The zero-order valence-corrected chi connectivity index (χ0v) is 66.4. The molecule has 0 unspecified atom stereocenters. The summed E-state index contributed by atoms with van der Waals surface area (Å²) in [4.78, 5) is 4.64. The van der Waals surface area contributed by atoms with Crippen molar-refractivity contribution in [2.75, 3.05) is 0 Å². The van der Waals surface area contributed by atoms with Gasteiger partial charge in [0.1, 0.15) is 61.7 Å². The fraction of sp³-hybridized carbons (Fsp3) is 0.210. The van der Waals surface area contributed by atoms with Gasteiger partial charge in [0.2, 0.25) is 28.5 Å². The molecule has 9 heterocycles. The molecule has 9 aromatic heterocycles. The Hall–Kier alpha value is -12.6. The molecule has 0 spiro atoms. The Morgan fingerprint density at radius 2 is 0.632 bits per heavy atom. The number of nitrogens with zero attached hydrogens (tertiary/aromatic N) is 5. The third kappa shape index (κ3) is 12.7. The fourth-order valence-corrected chi connectivity index (χ4v) is 16.5. The Balaban J connectivity index is 0.000000125. The SMILES string of the molecule is [2H]C([2H])([2H])c1c[n+](C)c(-c2c(C)cc(C([2H])([2H])[2H])c3c2oc2cc4cc(C)ccc4cc23)cc1C.[2H]C([2H])([2H])c1c[n+](C)c(-c2c(C)cc(C([2H])([2H])[2H])c3c2oc2cc4ccc(C)cc4cc23)cc1C.[2H]C([2H])([2H])c1c[n+](C)c(-c2c(C)ccc3c2oc2cc4cc(C)ccc4cc23)cc1C.[2H]C([2H])([2H])c1c[n+](C)c(-c2c(C)ccc3c2oc2nc4ccccc4c(C([2H])([2H])[2H])c23)cc1C. The van der Waals surface area contributed by atoms with Crippen molar-refractivity contribution in [3.05, 3.63) is 301 Å². The van der Waals surface area contributed by atoms with Crippen LogP contribution < -0.4 is 18.3 Å². The van der Waals surface area contributed by atoms with Crippen LogP contribution in [-0.2, 0) is 28.2 Å². The monoisotopic (exact) mass is 1510 g/mol. The van der Waals surface area contributed by atoms with E-state index in [1.807, 2.05) is 144 Å². The molecular formula is C105H99N5O4+4. The van der Waals surface area contributed by atoms with Crippen molar-refractivity contribution in [2.24, 2.45) is 28.2 Å². The second-order valence-electron chi connectivity index (χ2n) is 31.1. The highest BCUT2D eigenvalue weighted by Gasteiger charge is 2.29. The second kappa shape index (κ2) is 28.3. The highest BCUT2D eigenvalue weighted by molar-refractivity contribution is 6.18. The van der Waals surface area contributed by atoms with Gasteiger partial charge < -0.3 is 17.7 Å². The lowest BCUT2D eigenvalue weighted by molar-refractivity contribution is -0.660. The standard InChI is InChI=1S/2C27H26NO.C26H24NO.C25H23N2O/c1-15-7-8-20-13-24-22(12-21(20)9-15)25-17(3)10-18(4)26(27(25)29-24)23-11-16(2)19(5)14-28(23)6;1-15-7-8-20-12-22-24(13-21(20)9-15)29-27-25(22)17(3)10-18(4)26(27)23-11-16(2)19(5)14-28(23)6;1-15-6-8-19-12-22-21-9-7-16(2)25(23-11-17(3)18(4)14-27(23)5)26(21)28-24(22)13-20(19)10-15;1-14-10-11-19-23-17(4)18-8-6-7-9-20(18)26-25(23)28-24(19)22(14)21-12-15(2)16(3)13-27(21)5/h2*7-14H,1-6H3;6-14H,1-5H3;6-13H,1-5H3/q4*+1/i2*3D3,5D3;4D3;3D3,4D3. The molecule has 9 nitrogen and oxygen atoms in total. The minimum Gasteiger partial charge on any atom is -0.455 e. The normalized spacial score (nSPS) is 15.3. The summed E-state index contributed by atoms with van der Waals surface area (Å²) in [7, 11) is 7.28. The number of benzene rings is 11. The van der Waals surface area contributed by atoms with Gasteiger partial charge in [0.15, 0.2) is 30.4 Å². The summed E-state index contributed by atoms with van der Waals surface area (Å²) in [5.41, 5.74) is 23.4. The van der Waals surface area contributed by atoms with Gasteiger partial charge in [0, 0.05) is 118 Å². The molecule has 20 aromatic rings. The average Bonchev–Trinajstić information content (AvgIpc) is 1.56. The molecule has 0 saturated carbocycles. The van der Waals surface area contributed by atoms with Crippen LogP contribution in [0.5, 0.6) is 0 Å². The van der Waals surface area contributed by atoms with Crippen molar-refractivity contribution >= 4 is 131 Å². The highest BCUT2D eigenvalue weighted by atomic mass is 16.3. The van der Waals surface area contributed by atoms with Crippen LogP contribution in [0.2, 0.25) is 0 Å². The zero-order valence-electron chi connectivity index (χ0n) is 87.4. The Morgan fingerprint density at radius 3 is 1.08 bits per heavy atom. The van der Waals surface area contributed by atoms with Crippen LogP contribution >= 0.6 is 0 Å². The summed E-state index contributed by atoms with van der Waals surface area (Å²) in [6.07, 6.45) is 6.59. The molecule has 0 saturated heterocycles. The first-order chi connectivity index (χ1) is 63.0. The molecule has 0 aliphatic carbocycles. The van der Waals surface area contributed by atoms with E-state index in [9.17, 15) is 0 Å². The summed E-state index contributed by atoms with van der Waals surface area (Å²) in [6.45, 7) is 5.23. The smallest absolute Gasteiger partial charge is 0.228 e. The van der Waals surface area contributed by atoms with Crippen LogP contribution in [0.3, 0.4) is 0 Å². The van der Waals surface area contributed by atoms with Crippen LogP contribution in [0, 0.1) is 124 Å². The predicted octanol–water partition coefficient (Wildman–Crippen LogP) is 25.9. The summed E-state index contributed by atoms with van der Waals surface area (Å²) in [6, 6.07) is 57.0. The molecule has 0 fully saturated rings. The summed E-state index contributed by atoms with van der Waals surface area (Å²) < 4.78 is 201. The van der Waals surface area contributed by atoms with E-state index in [1.54, 1.807) is 111 Å². The van der Waals surface area contributed by atoms with Gasteiger partial charge in [-0.25, -0.2) is 23.3 Å². The van der Waals surface area contributed by atoms with Crippen molar-refractivity contribution in [1.29, 1.82) is 0 Å². The Labute approximate surface area is 696 Å². The van der Waals surface area contributed by atoms with E-state index in [0.717, 1.165) is 144 Å². The maximum absolute atomic E-state index is 8.26. The third-order valence-corrected chi connectivity index (χ3v) is 22.7. The number of para-hydroxylation sites is 1. The molecular weight excluding hydrogens is 1400 g/mol. The lowest BCUT2D eigenvalue weighted by atomic mass is 9.95. The van der Waals surface area contributed by atoms with E-state index < -0.39 is 48.0 Å². The number of fused-ring (bicyclic) bond motifs is 16. The lowest BCUT2D eigenvalue weighted by Crippen LogP contribution is -2.31. The van der Waals surface area contributed by atoms with Crippen molar-refractivity contribution < 1.29 is 64.7 Å². The van der Waals surface area contributed by atoms with Crippen LogP contribution in [0.4, 0.5) is 0 Å². The largest absolute Gasteiger partial charge is 0.455 e. The van der Waals surface area contributed by atoms with Crippen LogP contribution in [0.1, 0.15) is 129 Å². The summed E-state index contributed by atoms with van der Waals surface area (Å²) in [5, 5.41) is 12.9. The molecule has 11 aromatic carbocycles. The van der Waals surface area contributed by atoms with Gasteiger partial charge in [-0.3, -0.25) is 0 Å². The third-order valence-electron chi connectivity index (χ3n) is 22.7. The number of rotatable bonds is 4. The first-order valence-corrected chi connectivity index (χ1v) is 38.0.